The molecule has 0 aliphatic carbocycles. The zero-order chi connectivity index (χ0) is 17.0. The van der Waals surface area contributed by atoms with E-state index in [0.717, 1.165) is 12.2 Å². The molecule has 1 atom stereocenters. The fourth-order valence-electron chi connectivity index (χ4n) is 2.72. The van der Waals surface area contributed by atoms with Crippen LogP contribution in [-0.2, 0) is 4.79 Å². The van der Waals surface area contributed by atoms with Gasteiger partial charge in [0.15, 0.2) is 6.10 Å². The zero-order valence-corrected chi connectivity index (χ0v) is 14.8. The molecule has 0 spiro atoms. The smallest absolute Gasteiger partial charge is 0.261 e. The van der Waals surface area contributed by atoms with E-state index in [-0.39, 0.29) is 16.9 Å². The molecule has 1 aromatic carbocycles. The molecule has 1 unspecified atom stereocenters. The first-order valence-electron chi connectivity index (χ1n) is 7.65. The van der Waals surface area contributed by atoms with Gasteiger partial charge in [0.1, 0.15) is 11.5 Å². The average Bonchev–Trinajstić information content (AvgIpc) is 2.36. The number of carbonyl (C=O) groups is 1. The molecule has 0 aliphatic heterocycles. The summed E-state index contributed by atoms with van der Waals surface area (Å²) in [7, 11) is 1.61. The Hall–Kier alpha value is -1.71. The molecule has 1 rings (SSSR count). The molecule has 4 heteroatoms. The third kappa shape index (κ3) is 6.37. The number of amides is 1. The van der Waals surface area contributed by atoms with Gasteiger partial charge in [-0.3, -0.25) is 4.79 Å². The van der Waals surface area contributed by atoms with Crippen LogP contribution in [0.15, 0.2) is 24.3 Å². The monoisotopic (exact) mass is 307 g/mol. The molecule has 4 nitrogen and oxygen atoms in total. The third-order valence-corrected chi connectivity index (χ3v) is 3.18. The minimum absolute atomic E-state index is 0.106. The standard InChI is InChI=1S/C18H29NO3/c1-13(22-15-10-8-14(21-7)9-11-15)16(20)19-18(5,6)12-17(2,3)4/h8-11,13H,12H2,1-7H3,(H,19,20). The molecule has 0 aliphatic rings. The van der Waals surface area contributed by atoms with Gasteiger partial charge in [0.25, 0.3) is 5.91 Å². The Balaban J connectivity index is 2.60. The Morgan fingerprint density at radius 3 is 2.05 bits per heavy atom. The summed E-state index contributed by atoms with van der Waals surface area (Å²) in [6, 6.07) is 7.21. The van der Waals surface area contributed by atoms with Crippen molar-refractivity contribution in [1.82, 2.24) is 5.32 Å². The molecular formula is C18H29NO3. The van der Waals surface area contributed by atoms with Crippen molar-refractivity contribution in [2.75, 3.05) is 7.11 Å². The molecule has 124 valence electrons. The summed E-state index contributed by atoms with van der Waals surface area (Å²) in [6.07, 6.45) is 0.341. The van der Waals surface area contributed by atoms with E-state index in [2.05, 4.69) is 26.1 Å². The minimum Gasteiger partial charge on any atom is -0.497 e. The van der Waals surface area contributed by atoms with E-state index in [4.69, 9.17) is 9.47 Å². The highest BCUT2D eigenvalue weighted by molar-refractivity contribution is 5.81. The van der Waals surface area contributed by atoms with Crippen LogP contribution in [0.5, 0.6) is 11.5 Å². The predicted octanol–water partition coefficient (Wildman–Crippen LogP) is 3.79. The summed E-state index contributed by atoms with van der Waals surface area (Å²) in [4.78, 5) is 12.3. The highest BCUT2D eigenvalue weighted by Crippen LogP contribution is 2.27. The number of ether oxygens (including phenoxy) is 2. The Morgan fingerprint density at radius 2 is 1.59 bits per heavy atom. The third-order valence-electron chi connectivity index (χ3n) is 3.18. The van der Waals surface area contributed by atoms with Crippen molar-refractivity contribution in [3.05, 3.63) is 24.3 Å². The molecule has 0 radical (unpaired) electrons. The van der Waals surface area contributed by atoms with Crippen LogP contribution in [0.1, 0.15) is 48.0 Å². The number of hydrogen-bond acceptors (Lipinski definition) is 3. The minimum atomic E-state index is -0.548. The first-order valence-corrected chi connectivity index (χ1v) is 7.65. The number of rotatable bonds is 6. The van der Waals surface area contributed by atoms with Gasteiger partial charge in [0.2, 0.25) is 0 Å². The first-order chi connectivity index (χ1) is 10.0. The van der Waals surface area contributed by atoms with Gasteiger partial charge in [-0.1, -0.05) is 20.8 Å². The number of nitrogens with one attached hydrogen (secondary N) is 1. The second-order valence-corrected chi connectivity index (χ2v) is 7.55. The van der Waals surface area contributed by atoms with Gasteiger partial charge < -0.3 is 14.8 Å². The lowest BCUT2D eigenvalue weighted by atomic mass is 9.81. The van der Waals surface area contributed by atoms with Gasteiger partial charge in [-0.25, -0.2) is 0 Å². The van der Waals surface area contributed by atoms with Gasteiger partial charge >= 0.3 is 0 Å². The van der Waals surface area contributed by atoms with Crippen LogP contribution in [0.4, 0.5) is 0 Å². The summed E-state index contributed by atoms with van der Waals surface area (Å²) in [5.74, 6) is 1.30. The van der Waals surface area contributed by atoms with Gasteiger partial charge in [-0.15, -0.1) is 0 Å². The summed E-state index contributed by atoms with van der Waals surface area (Å²) in [6.45, 7) is 12.3. The molecule has 0 saturated carbocycles. The molecule has 0 saturated heterocycles. The van der Waals surface area contributed by atoms with E-state index in [0.29, 0.717) is 5.75 Å². The Kier molecular flexibility index (Phi) is 5.86. The quantitative estimate of drug-likeness (QED) is 0.869. The van der Waals surface area contributed by atoms with Gasteiger partial charge in [-0.2, -0.15) is 0 Å². The molecule has 0 fully saturated rings. The topological polar surface area (TPSA) is 47.6 Å². The fourth-order valence-corrected chi connectivity index (χ4v) is 2.72. The van der Waals surface area contributed by atoms with Crippen LogP contribution in [0, 0.1) is 5.41 Å². The first kappa shape index (κ1) is 18.3. The fraction of sp³-hybridized carbons (Fsp3) is 0.611. The Labute approximate surface area is 134 Å². The van der Waals surface area contributed by atoms with Crippen LogP contribution in [-0.4, -0.2) is 24.7 Å². The molecule has 0 heterocycles. The van der Waals surface area contributed by atoms with E-state index in [9.17, 15) is 4.79 Å². The van der Waals surface area contributed by atoms with E-state index in [1.807, 2.05) is 26.0 Å². The predicted molar refractivity (Wildman–Crippen MR) is 89.4 cm³/mol. The lowest BCUT2D eigenvalue weighted by molar-refractivity contribution is -0.129. The molecule has 0 bridgehead atoms. The van der Waals surface area contributed by atoms with Gasteiger partial charge in [0, 0.05) is 5.54 Å². The van der Waals surface area contributed by atoms with E-state index >= 15 is 0 Å². The second-order valence-electron chi connectivity index (χ2n) is 7.55. The normalized spacial score (nSPS) is 13.4. The largest absolute Gasteiger partial charge is 0.497 e. The summed E-state index contributed by atoms with van der Waals surface area (Å²) in [5, 5.41) is 3.07. The van der Waals surface area contributed by atoms with Gasteiger partial charge in [0.05, 0.1) is 7.11 Å². The van der Waals surface area contributed by atoms with Crippen LogP contribution in [0.25, 0.3) is 0 Å². The highest BCUT2D eigenvalue weighted by Gasteiger charge is 2.29. The van der Waals surface area contributed by atoms with Crippen LogP contribution in [0.3, 0.4) is 0 Å². The molecule has 1 aromatic rings. The van der Waals surface area contributed by atoms with Crippen LogP contribution < -0.4 is 14.8 Å². The van der Waals surface area contributed by atoms with Crippen molar-refractivity contribution in [2.45, 2.75) is 59.6 Å². The Morgan fingerprint density at radius 1 is 1.09 bits per heavy atom. The second kappa shape index (κ2) is 7.03. The molecule has 22 heavy (non-hydrogen) atoms. The maximum absolute atomic E-state index is 12.3. The van der Waals surface area contributed by atoms with Gasteiger partial charge in [-0.05, 0) is 56.9 Å². The summed E-state index contributed by atoms with van der Waals surface area (Å²) >= 11 is 0. The van der Waals surface area contributed by atoms with E-state index in [1.54, 1.807) is 26.2 Å². The SMILES string of the molecule is COc1ccc(OC(C)C(=O)NC(C)(C)CC(C)(C)C)cc1. The lowest BCUT2D eigenvalue weighted by Crippen LogP contribution is -2.50. The van der Waals surface area contributed by atoms with Crippen molar-refractivity contribution >= 4 is 5.91 Å². The van der Waals surface area contributed by atoms with Crippen molar-refractivity contribution in [3.63, 3.8) is 0 Å². The Bertz CT molecular complexity index is 486. The molecule has 1 amide bonds. The van der Waals surface area contributed by atoms with Crippen molar-refractivity contribution < 1.29 is 14.3 Å². The number of benzene rings is 1. The molecular weight excluding hydrogens is 278 g/mol. The zero-order valence-electron chi connectivity index (χ0n) is 14.8. The van der Waals surface area contributed by atoms with Crippen molar-refractivity contribution in [1.29, 1.82) is 0 Å². The highest BCUT2D eigenvalue weighted by atomic mass is 16.5. The maximum Gasteiger partial charge on any atom is 0.261 e. The number of carbonyl (C=O) groups excluding carboxylic acids is 1. The summed E-state index contributed by atoms with van der Waals surface area (Å²) < 4.78 is 10.8. The maximum atomic E-state index is 12.3. The number of methoxy groups -OCH3 is 1. The van der Waals surface area contributed by atoms with Crippen molar-refractivity contribution in [2.24, 2.45) is 5.41 Å². The van der Waals surface area contributed by atoms with E-state index < -0.39 is 6.10 Å². The van der Waals surface area contributed by atoms with Crippen LogP contribution in [0.2, 0.25) is 0 Å². The average molecular weight is 307 g/mol. The molecule has 0 aromatic heterocycles. The summed E-state index contributed by atoms with van der Waals surface area (Å²) in [5.41, 5.74) is -0.121. The van der Waals surface area contributed by atoms with Crippen molar-refractivity contribution in [3.8, 4) is 11.5 Å². The molecule has 1 N–H and O–H groups in total. The lowest BCUT2D eigenvalue weighted by Gasteiger charge is -2.34. The number of hydrogen-bond donors (Lipinski definition) is 1. The van der Waals surface area contributed by atoms with Crippen LogP contribution >= 0.6 is 0 Å². The van der Waals surface area contributed by atoms with E-state index in [1.165, 1.54) is 0 Å².